The Hall–Kier alpha value is -2.16. The molecule has 23 heavy (non-hydrogen) atoms. The van der Waals surface area contributed by atoms with Crippen molar-refractivity contribution in [3.05, 3.63) is 23.0 Å². The molecule has 122 valence electrons. The van der Waals surface area contributed by atoms with Crippen LogP contribution in [0.25, 0.3) is 5.65 Å². The molecule has 9 heteroatoms. The van der Waals surface area contributed by atoms with Crippen molar-refractivity contribution in [1.82, 2.24) is 34.8 Å². The van der Waals surface area contributed by atoms with E-state index in [1.807, 2.05) is 18.5 Å². The minimum atomic E-state index is 0.789. The van der Waals surface area contributed by atoms with Crippen LogP contribution in [0.5, 0.6) is 0 Å². The van der Waals surface area contributed by atoms with Gasteiger partial charge in [0, 0.05) is 36.7 Å². The van der Waals surface area contributed by atoms with Gasteiger partial charge in [0.2, 0.25) is 5.16 Å². The van der Waals surface area contributed by atoms with Crippen LogP contribution in [0.1, 0.15) is 23.9 Å². The molecule has 0 unspecified atom stereocenters. The molecule has 0 aliphatic heterocycles. The van der Waals surface area contributed by atoms with E-state index < -0.39 is 0 Å². The summed E-state index contributed by atoms with van der Waals surface area (Å²) in [6.45, 7) is 6.97. The van der Waals surface area contributed by atoms with E-state index in [4.69, 9.17) is 0 Å². The third kappa shape index (κ3) is 3.14. The molecule has 0 radical (unpaired) electrons. The highest BCUT2D eigenvalue weighted by Crippen LogP contribution is 2.19. The molecule has 3 aromatic heterocycles. The fourth-order valence-corrected chi connectivity index (χ4v) is 2.96. The van der Waals surface area contributed by atoms with E-state index in [0.29, 0.717) is 0 Å². The quantitative estimate of drug-likeness (QED) is 0.542. The topological polar surface area (TPSA) is 85.8 Å². The number of aryl methyl sites for hydroxylation is 4. The van der Waals surface area contributed by atoms with Crippen LogP contribution >= 0.6 is 11.8 Å². The number of nitrogens with zero attached hydrogens (tertiary/aromatic N) is 7. The second kappa shape index (κ2) is 6.53. The molecule has 3 aromatic rings. The summed E-state index contributed by atoms with van der Waals surface area (Å²) in [7, 11) is 1.84. The number of anilines is 1. The third-order valence-electron chi connectivity index (χ3n) is 3.69. The van der Waals surface area contributed by atoms with Gasteiger partial charge in [-0.2, -0.15) is 9.61 Å². The molecule has 0 bridgehead atoms. The second-order valence-corrected chi connectivity index (χ2v) is 6.35. The summed E-state index contributed by atoms with van der Waals surface area (Å²) in [5.41, 5.74) is 4.12. The zero-order valence-electron chi connectivity index (χ0n) is 13.7. The van der Waals surface area contributed by atoms with Gasteiger partial charge in [0.25, 0.3) is 0 Å². The van der Waals surface area contributed by atoms with Crippen molar-refractivity contribution in [3.63, 3.8) is 0 Å². The molecule has 0 aliphatic rings. The monoisotopic (exact) mass is 332 g/mol. The highest BCUT2D eigenvalue weighted by molar-refractivity contribution is 7.99. The average molecular weight is 332 g/mol. The molecule has 0 aromatic carbocycles. The van der Waals surface area contributed by atoms with Crippen molar-refractivity contribution in [2.75, 3.05) is 17.6 Å². The summed E-state index contributed by atoms with van der Waals surface area (Å²) in [5, 5.41) is 20.3. The number of hydrogen-bond donors (Lipinski definition) is 1. The SMILES string of the molecule is CCc1cc(NCCSc2nnnn2C)n2nc(C)c(C)c2n1. The number of fused-ring (bicyclic) bond motifs is 1. The van der Waals surface area contributed by atoms with E-state index in [0.717, 1.165) is 52.3 Å². The molecule has 3 heterocycles. The van der Waals surface area contributed by atoms with Gasteiger partial charge >= 0.3 is 0 Å². The van der Waals surface area contributed by atoms with Crippen LogP contribution in [0, 0.1) is 13.8 Å². The van der Waals surface area contributed by atoms with E-state index >= 15 is 0 Å². The highest BCUT2D eigenvalue weighted by Gasteiger charge is 2.11. The first-order chi connectivity index (χ1) is 11.1. The van der Waals surface area contributed by atoms with Crippen molar-refractivity contribution < 1.29 is 0 Å². The van der Waals surface area contributed by atoms with Crippen molar-refractivity contribution in [2.24, 2.45) is 7.05 Å². The van der Waals surface area contributed by atoms with E-state index in [9.17, 15) is 0 Å². The number of tetrazole rings is 1. The Morgan fingerprint density at radius 2 is 2.13 bits per heavy atom. The van der Waals surface area contributed by atoms with Gasteiger partial charge in [-0.3, -0.25) is 0 Å². The van der Waals surface area contributed by atoms with Crippen molar-refractivity contribution in [2.45, 2.75) is 32.3 Å². The van der Waals surface area contributed by atoms with Crippen LogP contribution < -0.4 is 5.32 Å². The fraction of sp³-hybridized carbons (Fsp3) is 0.500. The Morgan fingerprint density at radius 3 is 2.83 bits per heavy atom. The molecule has 0 amide bonds. The maximum absolute atomic E-state index is 4.68. The zero-order chi connectivity index (χ0) is 16.4. The Labute approximate surface area is 138 Å². The predicted octanol–water partition coefficient (Wildman–Crippen LogP) is 1.64. The standard InChI is InChI=1S/C14H20N8S/c1-5-11-8-12(22-13(16-11)9(2)10(3)18-22)15-6-7-23-14-17-19-20-21(14)4/h8,15H,5-7H2,1-4H3. The molecule has 3 rings (SSSR count). The minimum Gasteiger partial charge on any atom is -0.369 e. The molecule has 1 N–H and O–H groups in total. The first-order valence-corrected chi connectivity index (χ1v) is 8.53. The van der Waals surface area contributed by atoms with E-state index in [1.54, 1.807) is 16.4 Å². The van der Waals surface area contributed by atoms with Crippen molar-refractivity contribution in [3.8, 4) is 0 Å². The summed E-state index contributed by atoms with van der Waals surface area (Å²) in [5.74, 6) is 1.83. The van der Waals surface area contributed by atoms with Gasteiger partial charge in [-0.05, 0) is 30.7 Å². The number of aromatic nitrogens is 7. The minimum absolute atomic E-state index is 0.789. The number of nitrogens with one attached hydrogen (secondary N) is 1. The van der Waals surface area contributed by atoms with Crippen LogP contribution in [-0.2, 0) is 13.5 Å². The lowest BCUT2D eigenvalue weighted by Gasteiger charge is -2.09. The average Bonchev–Trinajstić information content (AvgIpc) is 3.08. The maximum Gasteiger partial charge on any atom is 0.209 e. The first kappa shape index (κ1) is 15.7. The van der Waals surface area contributed by atoms with Gasteiger partial charge in [-0.15, -0.1) is 5.10 Å². The van der Waals surface area contributed by atoms with Crippen molar-refractivity contribution >= 4 is 23.2 Å². The summed E-state index contributed by atoms with van der Waals surface area (Å²) in [6, 6.07) is 2.06. The molecule has 0 spiro atoms. The lowest BCUT2D eigenvalue weighted by Crippen LogP contribution is -2.10. The van der Waals surface area contributed by atoms with Crippen LogP contribution in [0.15, 0.2) is 11.2 Å². The lowest BCUT2D eigenvalue weighted by molar-refractivity contribution is 0.664. The maximum atomic E-state index is 4.68. The molecule has 0 aliphatic carbocycles. The van der Waals surface area contributed by atoms with Crippen LogP contribution in [0.4, 0.5) is 5.82 Å². The highest BCUT2D eigenvalue weighted by atomic mass is 32.2. The largest absolute Gasteiger partial charge is 0.369 e. The zero-order valence-corrected chi connectivity index (χ0v) is 14.6. The lowest BCUT2D eigenvalue weighted by atomic mass is 10.2. The van der Waals surface area contributed by atoms with Gasteiger partial charge in [0.15, 0.2) is 5.65 Å². The first-order valence-electron chi connectivity index (χ1n) is 7.55. The van der Waals surface area contributed by atoms with E-state index in [-0.39, 0.29) is 0 Å². The van der Waals surface area contributed by atoms with Crippen LogP contribution in [0.3, 0.4) is 0 Å². The normalized spacial score (nSPS) is 11.3. The smallest absolute Gasteiger partial charge is 0.209 e. The Balaban J connectivity index is 1.74. The summed E-state index contributed by atoms with van der Waals surface area (Å²) >= 11 is 1.62. The molecule has 0 fully saturated rings. The Bertz CT molecular complexity index is 822. The second-order valence-electron chi connectivity index (χ2n) is 5.29. The Kier molecular flexibility index (Phi) is 4.46. The molecule has 0 saturated heterocycles. The Morgan fingerprint density at radius 1 is 1.30 bits per heavy atom. The van der Waals surface area contributed by atoms with E-state index in [2.05, 4.69) is 50.8 Å². The van der Waals surface area contributed by atoms with Crippen LogP contribution in [-0.4, -0.2) is 47.1 Å². The van der Waals surface area contributed by atoms with Gasteiger partial charge in [0.05, 0.1) is 5.69 Å². The number of thioether (sulfide) groups is 1. The molecule has 8 nitrogen and oxygen atoms in total. The molecular formula is C14H20N8S. The molecule has 0 saturated carbocycles. The molecule has 0 atom stereocenters. The number of hydrogen-bond acceptors (Lipinski definition) is 7. The van der Waals surface area contributed by atoms with Gasteiger partial charge in [-0.25, -0.2) is 9.67 Å². The predicted molar refractivity (Wildman–Crippen MR) is 89.9 cm³/mol. The molecular weight excluding hydrogens is 312 g/mol. The third-order valence-corrected chi connectivity index (χ3v) is 4.70. The van der Waals surface area contributed by atoms with Gasteiger partial charge in [-0.1, -0.05) is 18.7 Å². The van der Waals surface area contributed by atoms with Crippen molar-refractivity contribution in [1.29, 1.82) is 0 Å². The summed E-state index contributed by atoms with van der Waals surface area (Å²) < 4.78 is 3.56. The van der Waals surface area contributed by atoms with Crippen LogP contribution in [0.2, 0.25) is 0 Å². The summed E-state index contributed by atoms with van der Waals surface area (Å²) in [6.07, 6.45) is 0.897. The fourth-order valence-electron chi connectivity index (χ4n) is 2.25. The number of rotatable bonds is 6. The van der Waals surface area contributed by atoms with Gasteiger partial charge < -0.3 is 5.32 Å². The summed E-state index contributed by atoms with van der Waals surface area (Å²) in [4.78, 5) is 4.68. The van der Waals surface area contributed by atoms with Gasteiger partial charge in [0.1, 0.15) is 5.82 Å². The van der Waals surface area contributed by atoms with E-state index in [1.165, 1.54) is 0 Å².